The van der Waals surface area contributed by atoms with Crippen LogP contribution in [0.5, 0.6) is 0 Å². The maximum atomic E-state index is 12.5. The molecule has 124 valence electrons. The lowest BCUT2D eigenvalue weighted by atomic mass is 10.1. The Morgan fingerprint density at radius 1 is 0.920 bits per heavy atom. The van der Waals surface area contributed by atoms with Gasteiger partial charge in [-0.1, -0.05) is 12.1 Å². The fraction of sp³-hybridized carbons (Fsp3) is 0.200. The highest BCUT2D eigenvalue weighted by Crippen LogP contribution is 2.28. The highest BCUT2D eigenvalue weighted by atomic mass is 16.4. The van der Waals surface area contributed by atoms with Crippen LogP contribution in [0.1, 0.15) is 12.8 Å². The third-order valence-electron chi connectivity index (χ3n) is 4.72. The van der Waals surface area contributed by atoms with Gasteiger partial charge in [0.1, 0.15) is 16.7 Å². The fourth-order valence-corrected chi connectivity index (χ4v) is 3.41. The number of anilines is 1. The number of hydrogen-bond acceptors (Lipinski definition) is 5. The Balaban J connectivity index is 1.63. The van der Waals surface area contributed by atoms with Crippen LogP contribution >= 0.6 is 0 Å². The summed E-state index contributed by atoms with van der Waals surface area (Å²) in [6, 6.07) is 15.2. The van der Waals surface area contributed by atoms with Crippen LogP contribution in [0.4, 0.5) is 5.69 Å². The maximum Gasteiger partial charge on any atom is 0.349 e. The number of para-hydroxylation sites is 2. The van der Waals surface area contributed by atoms with Crippen molar-refractivity contribution >= 4 is 27.8 Å². The van der Waals surface area contributed by atoms with Gasteiger partial charge >= 0.3 is 5.63 Å². The minimum Gasteiger partial charge on any atom is -0.436 e. The van der Waals surface area contributed by atoms with Crippen LogP contribution in [0.25, 0.3) is 33.5 Å². The molecule has 25 heavy (non-hydrogen) atoms. The van der Waals surface area contributed by atoms with Gasteiger partial charge in [-0.25, -0.2) is 9.78 Å². The minimum absolute atomic E-state index is 0.292. The van der Waals surface area contributed by atoms with Crippen LogP contribution in [-0.4, -0.2) is 18.1 Å². The van der Waals surface area contributed by atoms with Crippen molar-refractivity contribution in [2.45, 2.75) is 12.8 Å². The molecule has 1 aliphatic rings. The fourth-order valence-electron chi connectivity index (χ4n) is 3.41. The predicted molar refractivity (Wildman–Crippen MR) is 96.9 cm³/mol. The van der Waals surface area contributed by atoms with Crippen molar-refractivity contribution in [2.75, 3.05) is 18.0 Å². The third-order valence-corrected chi connectivity index (χ3v) is 4.72. The van der Waals surface area contributed by atoms with Crippen molar-refractivity contribution in [3.8, 4) is 11.5 Å². The van der Waals surface area contributed by atoms with Gasteiger partial charge in [0.15, 0.2) is 5.58 Å². The lowest BCUT2D eigenvalue weighted by Crippen LogP contribution is -2.17. The van der Waals surface area contributed by atoms with Crippen molar-refractivity contribution in [2.24, 2.45) is 0 Å². The Morgan fingerprint density at radius 3 is 2.60 bits per heavy atom. The number of nitrogens with zero attached hydrogens (tertiary/aromatic N) is 2. The average Bonchev–Trinajstić information content (AvgIpc) is 3.30. The molecule has 1 fully saturated rings. The van der Waals surface area contributed by atoms with Crippen molar-refractivity contribution < 1.29 is 8.83 Å². The van der Waals surface area contributed by atoms with Crippen LogP contribution in [0.3, 0.4) is 0 Å². The number of hydrogen-bond donors (Lipinski definition) is 0. The molecule has 0 saturated carbocycles. The van der Waals surface area contributed by atoms with Gasteiger partial charge in [-0.2, -0.15) is 0 Å². The molecule has 1 saturated heterocycles. The SMILES string of the molecule is O=c1oc2cc(N3CCCC3)ccc2cc1-c1nc2ccccc2o1. The second-order valence-corrected chi connectivity index (χ2v) is 6.35. The molecule has 0 N–H and O–H groups in total. The van der Waals surface area contributed by atoms with Crippen LogP contribution in [0.2, 0.25) is 0 Å². The number of rotatable bonds is 2. The van der Waals surface area contributed by atoms with E-state index in [0.29, 0.717) is 22.6 Å². The van der Waals surface area contributed by atoms with Crippen molar-refractivity contribution in [1.82, 2.24) is 4.98 Å². The summed E-state index contributed by atoms with van der Waals surface area (Å²) in [6.45, 7) is 2.10. The first-order valence-electron chi connectivity index (χ1n) is 8.47. The Kier molecular flexibility index (Phi) is 3.13. The normalized spacial score (nSPS) is 14.6. The molecule has 5 heteroatoms. The summed E-state index contributed by atoms with van der Waals surface area (Å²) in [7, 11) is 0. The Hall–Kier alpha value is -3.08. The van der Waals surface area contributed by atoms with E-state index in [-0.39, 0.29) is 0 Å². The Morgan fingerprint density at radius 2 is 1.76 bits per heavy atom. The van der Waals surface area contributed by atoms with E-state index in [9.17, 15) is 4.79 Å². The second kappa shape index (κ2) is 5.48. The van der Waals surface area contributed by atoms with Crippen LogP contribution < -0.4 is 10.5 Å². The first-order chi connectivity index (χ1) is 12.3. The molecule has 1 aliphatic heterocycles. The van der Waals surface area contributed by atoms with Gasteiger partial charge in [0.25, 0.3) is 0 Å². The maximum absolute atomic E-state index is 12.5. The number of fused-ring (bicyclic) bond motifs is 2. The largest absolute Gasteiger partial charge is 0.436 e. The molecular weight excluding hydrogens is 316 g/mol. The standard InChI is InChI=1S/C20H16N2O3/c23-20-15(19-21-16-5-1-2-6-17(16)24-19)11-13-7-8-14(12-18(13)25-20)22-9-3-4-10-22/h1-2,5-8,11-12H,3-4,9-10H2. The zero-order valence-electron chi connectivity index (χ0n) is 13.6. The zero-order chi connectivity index (χ0) is 16.8. The van der Waals surface area contributed by atoms with Gasteiger partial charge in [-0.15, -0.1) is 0 Å². The van der Waals surface area contributed by atoms with E-state index in [1.54, 1.807) is 6.07 Å². The summed E-state index contributed by atoms with van der Waals surface area (Å²) in [5.41, 5.74) is 2.98. The molecule has 0 bridgehead atoms. The van der Waals surface area contributed by atoms with Gasteiger partial charge < -0.3 is 13.7 Å². The number of benzene rings is 2. The first kappa shape index (κ1) is 14.3. The Bertz CT molecular complexity index is 1100. The van der Waals surface area contributed by atoms with Gasteiger partial charge in [0.2, 0.25) is 5.89 Å². The predicted octanol–water partition coefficient (Wildman–Crippen LogP) is 4.20. The van der Waals surface area contributed by atoms with E-state index >= 15 is 0 Å². The monoisotopic (exact) mass is 332 g/mol. The molecule has 2 aromatic carbocycles. The minimum atomic E-state index is -0.433. The van der Waals surface area contributed by atoms with Crippen LogP contribution in [0, 0.1) is 0 Å². The number of oxazole rings is 1. The summed E-state index contributed by atoms with van der Waals surface area (Å²) in [6.07, 6.45) is 2.41. The zero-order valence-corrected chi connectivity index (χ0v) is 13.6. The van der Waals surface area contributed by atoms with E-state index in [2.05, 4.69) is 16.0 Å². The molecule has 0 spiro atoms. The van der Waals surface area contributed by atoms with Crippen molar-refractivity contribution in [3.05, 3.63) is 59.0 Å². The first-order valence-corrected chi connectivity index (χ1v) is 8.47. The number of aromatic nitrogens is 1. The highest BCUT2D eigenvalue weighted by molar-refractivity contribution is 5.84. The Labute approximate surface area is 143 Å². The lowest BCUT2D eigenvalue weighted by molar-refractivity contribution is 0.553. The smallest absolute Gasteiger partial charge is 0.349 e. The van der Waals surface area contributed by atoms with E-state index < -0.39 is 5.63 Å². The van der Waals surface area contributed by atoms with Crippen molar-refractivity contribution in [1.29, 1.82) is 0 Å². The molecule has 4 aromatic rings. The average molecular weight is 332 g/mol. The summed E-state index contributed by atoms with van der Waals surface area (Å²) in [4.78, 5) is 19.2. The van der Waals surface area contributed by atoms with Crippen LogP contribution in [0.15, 0.2) is 62.2 Å². The molecule has 0 amide bonds. The lowest BCUT2D eigenvalue weighted by Gasteiger charge is -2.17. The van der Waals surface area contributed by atoms with E-state index in [0.717, 1.165) is 29.7 Å². The quantitative estimate of drug-likeness (QED) is 0.515. The molecule has 3 heterocycles. The molecule has 0 unspecified atom stereocenters. The molecule has 0 radical (unpaired) electrons. The molecule has 5 nitrogen and oxygen atoms in total. The molecule has 2 aromatic heterocycles. The molecule has 0 aliphatic carbocycles. The summed E-state index contributed by atoms with van der Waals surface area (Å²) in [5.74, 6) is 0.292. The summed E-state index contributed by atoms with van der Waals surface area (Å²) < 4.78 is 11.3. The van der Waals surface area contributed by atoms with Gasteiger partial charge in [0, 0.05) is 30.2 Å². The highest BCUT2D eigenvalue weighted by Gasteiger charge is 2.16. The summed E-state index contributed by atoms with van der Waals surface area (Å²) in [5, 5.41) is 0.861. The van der Waals surface area contributed by atoms with Gasteiger partial charge in [-0.3, -0.25) is 0 Å². The third kappa shape index (κ3) is 2.39. The van der Waals surface area contributed by atoms with Gasteiger partial charge in [-0.05, 0) is 43.2 Å². The van der Waals surface area contributed by atoms with E-state index in [4.69, 9.17) is 8.83 Å². The van der Waals surface area contributed by atoms with Crippen molar-refractivity contribution in [3.63, 3.8) is 0 Å². The molecular formula is C20H16N2O3. The van der Waals surface area contributed by atoms with Crippen LogP contribution in [-0.2, 0) is 0 Å². The molecule has 0 atom stereocenters. The second-order valence-electron chi connectivity index (χ2n) is 6.35. The van der Waals surface area contributed by atoms with E-state index in [1.165, 1.54) is 12.8 Å². The molecule has 5 rings (SSSR count). The van der Waals surface area contributed by atoms with E-state index in [1.807, 2.05) is 36.4 Å². The summed E-state index contributed by atoms with van der Waals surface area (Å²) >= 11 is 0. The topological polar surface area (TPSA) is 59.5 Å². The van der Waals surface area contributed by atoms with Gasteiger partial charge in [0.05, 0.1) is 0 Å².